The molecule has 1 heterocycles. The molecule has 0 aliphatic carbocycles. The van der Waals surface area contributed by atoms with Crippen molar-refractivity contribution in [1.29, 1.82) is 0 Å². The molecule has 0 fully saturated rings. The quantitative estimate of drug-likeness (QED) is 0.758. The largest absolute Gasteiger partial charge is 0.324 e. The van der Waals surface area contributed by atoms with Gasteiger partial charge in [0.25, 0.3) is 0 Å². The molecule has 1 rings (SSSR count). The summed E-state index contributed by atoms with van der Waals surface area (Å²) in [6.07, 6.45) is 1.88. The van der Waals surface area contributed by atoms with Crippen molar-refractivity contribution < 1.29 is 0 Å². The van der Waals surface area contributed by atoms with Gasteiger partial charge in [0.2, 0.25) is 0 Å². The summed E-state index contributed by atoms with van der Waals surface area (Å²) in [6, 6.07) is 4.19. The third-order valence-corrected chi connectivity index (χ3v) is 3.76. The summed E-state index contributed by atoms with van der Waals surface area (Å²) in [5, 5.41) is 1.08. The number of pyridine rings is 1. The van der Waals surface area contributed by atoms with Crippen molar-refractivity contribution in [3.8, 4) is 0 Å². The molecule has 1 aromatic rings. The second-order valence-electron chi connectivity index (χ2n) is 4.09. The van der Waals surface area contributed by atoms with Gasteiger partial charge in [-0.15, -0.1) is 11.8 Å². The lowest BCUT2D eigenvalue weighted by Crippen LogP contribution is -2.25. The van der Waals surface area contributed by atoms with E-state index >= 15 is 0 Å². The molecule has 0 aliphatic rings. The van der Waals surface area contributed by atoms with Crippen molar-refractivity contribution in [2.45, 2.75) is 31.8 Å². The molecule has 0 aliphatic heterocycles. The Labute approximate surface area is 109 Å². The molecular formula is C13H23N3S. The number of hydrogen-bond donors (Lipinski definition) is 1. The monoisotopic (exact) mass is 253 g/mol. The molecule has 3 nitrogen and oxygen atoms in total. The zero-order chi connectivity index (χ0) is 12.7. The topological polar surface area (TPSA) is 42.1 Å². The molecule has 4 heteroatoms. The summed E-state index contributed by atoms with van der Waals surface area (Å²) in [4.78, 5) is 6.83. The minimum absolute atomic E-state index is 0.0669. The fraction of sp³-hybridized carbons (Fsp3) is 0.615. The van der Waals surface area contributed by atoms with Crippen molar-refractivity contribution in [3.05, 3.63) is 23.9 Å². The summed E-state index contributed by atoms with van der Waals surface area (Å²) in [6.45, 7) is 9.73. The van der Waals surface area contributed by atoms with Crippen molar-refractivity contribution in [3.63, 3.8) is 0 Å². The summed E-state index contributed by atoms with van der Waals surface area (Å²) in [7, 11) is 0. The Bertz CT molecular complexity index is 307. The van der Waals surface area contributed by atoms with Gasteiger partial charge in [0.15, 0.2) is 0 Å². The predicted octanol–water partition coefficient (Wildman–Crippen LogP) is 2.54. The van der Waals surface area contributed by atoms with Crippen LogP contribution in [0.25, 0.3) is 0 Å². The second-order valence-corrected chi connectivity index (χ2v) is 5.21. The van der Waals surface area contributed by atoms with Crippen LogP contribution in [0.4, 0.5) is 0 Å². The first-order chi connectivity index (χ1) is 8.17. The number of rotatable bonds is 7. The molecule has 1 atom stereocenters. The molecule has 0 radical (unpaired) electrons. The van der Waals surface area contributed by atoms with Gasteiger partial charge < -0.3 is 10.6 Å². The minimum Gasteiger partial charge on any atom is -0.324 e. The highest BCUT2D eigenvalue weighted by atomic mass is 32.2. The van der Waals surface area contributed by atoms with Crippen LogP contribution in [0.3, 0.4) is 0 Å². The van der Waals surface area contributed by atoms with E-state index in [0.29, 0.717) is 0 Å². The second kappa shape index (κ2) is 7.69. The van der Waals surface area contributed by atoms with Crippen LogP contribution in [0.15, 0.2) is 23.4 Å². The van der Waals surface area contributed by atoms with Crippen LogP contribution in [0.5, 0.6) is 0 Å². The predicted molar refractivity (Wildman–Crippen MR) is 75.4 cm³/mol. The Kier molecular flexibility index (Phi) is 6.55. The summed E-state index contributed by atoms with van der Waals surface area (Å²) < 4.78 is 0. The Balaban J connectivity index is 2.37. The van der Waals surface area contributed by atoms with Crippen molar-refractivity contribution >= 4 is 11.8 Å². The van der Waals surface area contributed by atoms with E-state index in [9.17, 15) is 0 Å². The lowest BCUT2D eigenvalue weighted by atomic mass is 10.2. The van der Waals surface area contributed by atoms with Crippen LogP contribution in [-0.2, 0) is 0 Å². The zero-order valence-corrected chi connectivity index (χ0v) is 11.8. The Morgan fingerprint density at radius 3 is 2.53 bits per heavy atom. The van der Waals surface area contributed by atoms with E-state index < -0.39 is 0 Å². The van der Waals surface area contributed by atoms with Crippen LogP contribution in [-0.4, -0.2) is 35.3 Å². The van der Waals surface area contributed by atoms with Gasteiger partial charge in [0, 0.05) is 24.5 Å². The molecule has 96 valence electrons. The van der Waals surface area contributed by atoms with Crippen LogP contribution < -0.4 is 5.73 Å². The first-order valence-corrected chi connectivity index (χ1v) is 7.22. The maximum atomic E-state index is 5.79. The first kappa shape index (κ1) is 14.5. The van der Waals surface area contributed by atoms with E-state index in [2.05, 4.69) is 35.9 Å². The van der Waals surface area contributed by atoms with Crippen LogP contribution in [0.2, 0.25) is 0 Å². The summed E-state index contributed by atoms with van der Waals surface area (Å²) in [5.41, 5.74) is 6.88. The van der Waals surface area contributed by atoms with E-state index in [-0.39, 0.29) is 6.04 Å². The van der Waals surface area contributed by atoms with Gasteiger partial charge >= 0.3 is 0 Å². The number of aromatic nitrogens is 1. The summed E-state index contributed by atoms with van der Waals surface area (Å²) in [5.74, 6) is 1.09. The van der Waals surface area contributed by atoms with E-state index in [1.165, 1.54) is 0 Å². The molecule has 2 N–H and O–H groups in total. The SMILES string of the molecule is CCN(CC)CCSc1ccc(C(C)N)cn1. The van der Waals surface area contributed by atoms with Crippen molar-refractivity contribution in [1.82, 2.24) is 9.88 Å². The highest BCUT2D eigenvalue weighted by Gasteiger charge is 2.02. The lowest BCUT2D eigenvalue weighted by molar-refractivity contribution is 0.324. The lowest BCUT2D eigenvalue weighted by Gasteiger charge is -2.17. The average molecular weight is 253 g/mol. The minimum atomic E-state index is 0.0669. The van der Waals surface area contributed by atoms with E-state index in [4.69, 9.17) is 5.73 Å². The molecular weight excluding hydrogens is 230 g/mol. The molecule has 0 bridgehead atoms. The van der Waals surface area contributed by atoms with E-state index in [1.807, 2.05) is 13.1 Å². The van der Waals surface area contributed by atoms with Gasteiger partial charge in [0.05, 0.1) is 5.03 Å². The molecule has 1 unspecified atom stereocenters. The standard InChI is InChI=1S/C13H23N3S/c1-4-16(5-2)8-9-17-13-7-6-12(10-15-13)11(3)14/h6-7,10-11H,4-5,8-9,14H2,1-3H3. The Hall–Kier alpha value is -0.580. The van der Waals surface area contributed by atoms with Gasteiger partial charge in [-0.05, 0) is 31.6 Å². The average Bonchev–Trinajstić information content (AvgIpc) is 2.35. The maximum Gasteiger partial charge on any atom is 0.0960 e. The maximum absolute atomic E-state index is 5.79. The van der Waals surface area contributed by atoms with Gasteiger partial charge in [-0.25, -0.2) is 4.98 Å². The van der Waals surface area contributed by atoms with Gasteiger partial charge in [-0.1, -0.05) is 19.9 Å². The fourth-order valence-electron chi connectivity index (χ4n) is 1.57. The van der Waals surface area contributed by atoms with Gasteiger partial charge in [0.1, 0.15) is 0 Å². The number of nitrogens with zero attached hydrogens (tertiary/aromatic N) is 2. The number of thioether (sulfide) groups is 1. The Morgan fingerprint density at radius 1 is 1.35 bits per heavy atom. The van der Waals surface area contributed by atoms with Crippen molar-refractivity contribution in [2.24, 2.45) is 5.73 Å². The molecule has 0 spiro atoms. The summed E-state index contributed by atoms with van der Waals surface area (Å²) >= 11 is 1.81. The van der Waals surface area contributed by atoms with Crippen molar-refractivity contribution in [2.75, 3.05) is 25.4 Å². The third-order valence-electron chi connectivity index (χ3n) is 2.84. The molecule has 1 aromatic heterocycles. The van der Waals surface area contributed by atoms with E-state index in [0.717, 1.165) is 36.0 Å². The van der Waals surface area contributed by atoms with E-state index in [1.54, 1.807) is 11.8 Å². The van der Waals surface area contributed by atoms with Gasteiger partial charge in [-0.3, -0.25) is 0 Å². The van der Waals surface area contributed by atoms with Crippen LogP contribution >= 0.6 is 11.8 Å². The number of hydrogen-bond acceptors (Lipinski definition) is 4. The Morgan fingerprint density at radius 2 is 2.06 bits per heavy atom. The molecule has 0 saturated heterocycles. The highest BCUT2D eigenvalue weighted by molar-refractivity contribution is 7.99. The molecule has 17 heavy (non-hydrogen) atoms. The van der Waals surface area contributed by atoms with Gasteiger partial charge in [-0.2, -0.15) is 0 Å². The third kappa shape index (κ3) is 5.06. The first-order valence-electron chi connectivity index (χ1n) is 6.24. The van der Waals surface area contributed by atoms with Crippen LogP contribution in [0, 0.1) is 0 Å². The normalized spacial score (nSPS) is 13.0. The molecule has 0 saturated carbocycles. The van der Waals surface area contributed by atoms with Crippen LogP contribution in [0.1, 0.15) is 32.4 Å². The molecule has 0 amide bonds. The molecule has 0 aromatic carbocycles. The number of nitrogens with two attached hydrogens (primary N) is 1. The fourth-order valence-corrected chi connectivity index (χ4v) is 2.42. The zero-order valence-electron chi connectivity index (χ0n) is 11.0. The highest BCUT2D eigenvalue weighted by Crippen LogP contribution is 2.17. The smallest absolute Gasteiger partial charge is 0.0960 e.